The van der Waals surface area contributed by atoms with Crippen molar-refractivity contribution >= 4 is 6.79 Å². The smallest absolute Gasteiger partial charge is 0.118 e. The van der Waals surface area contributed by atoms with E-state index in [1.165, 1.54) is 96.3 Å². The van der Waals surface area contributed by atoms with Gasteiger partial charge < -0.3 is 9.90 Å². The predicted molar refractivity (Wildman–Crippen MR) is 114 cm³/mol. The van der Waals surface area contributed by atoms with Crippen LogP contribution in [0.1, 0.15) is 109 Å². The molecule has 0 aliphatic rings. The zero-order valence-electron chi connectivity index (χ0n) is 17.2. The highest BCUT2D eigenvalue weighted by Crippen LogP contribution is 2.19. The Morgan fingerprint density at radius 2 is 1.04 bits per heavy atom. The molecule has 1 N–H and O–H groups in total. The van der Waals surface area contributed by atoms with Gasteiger partial charge in [-0.25, -0.2) is 0 Å². The van der Waals surface area contributed by atoms with Gasteiger partial charge in [0.05, 0.1) is 0 Å². The Labute approximate surface area is 162 Å². The normalized spacial score (nSPS) is 10.3. The van der Waals surface area contributed by atoms with Crippen LogP contribution in [-0.4, -0.2) is 11.9 Å². The molecule has 1 aromatic rings. The lowest BCUT2D eigenvalue weighted by Crippen LogP contribution is -1.87. The van der Waals surface area contributed by atoms with Gasteiger partial charge in [-0.2, -0.15) is 0 Å². The Morgan fingerprint density at radius 3 is 1.46 bits per heavy atom. The van der Waals surface area contributed by atoms with Crippen LogP contribution in [0.15, 0.2) is 24.3 Å². The third-order valence-electron chi connectivity index (χ3n) is 5.04. The number of hydrogen-bond donors (Lipinski definition) is 1. The van der Waals surface area contributed by atoms with Crippen LogP contribution in [0.4, 0.5) is 0 Å². The number of carbonyl (C=O) groups is 1. The van der Waals surface area contributed by atoms with Gasteiger partial charge in [0, 0.05) is 0 Å². The Morgan fingerprint density at radius 1 is 0.654 bits per heavy atom. The maximum atomic E-state index is 9.73. The number of carbonyl (C=O) groups excluding carboxylic acids is 1. The monoisotopic (exact) mass is 362 g/mol. The first-order valence-electron chi connectivity index (χ1n) is 10.9. The summed E-state index contributed by atoms with van der Waals surface area (Å²) in [6.07, 6.45) is 22.0. The average Bonchev–Trinajstić information content (AvgIpc) is 2.68. The van der Waals surface area contributed by atoms with Gasteiger partial charge in [0.1, 0.15) is 12.5 Å². The second kappa shape index (κ2) is 20.0. The molecular weight excluding hydrogens is 320 g/mol. The average molecular weight is 363 g/mol. The number of phenolic OH excluding ortho intramolecular Hbond substituents is 1. The molecule has 0 aromatic heterocycles. The Kier molecular flexibility index (Phi) is 19.0. The summed E-state index contributed by atoms with van der Waals surface area (Å²) in [5.41, 5.74) is 1.10. The number of para-hydroxylation sites is 1. The van der Waals surface area contributed by atoms with Gasteiger partial charge in [0.2, 0.25) is 0 Å². The summed E-state index contributed by atoms with van der Waals surface area (Å²) in [4.78, 5) is 8.00. The first-order valence-corrected chi connectivity index (χ1v) is 10.9. The lowest BCUT2D eigenvalue weighted by atomic mass is 10.0. The van der Waals surface area contributed by atoms with Crippen molar-refractivity contribution in [3.63, 3.8) is 0 Å². The van der Waals surface area contributed by atoms with Crippen LogP contribution < -0.4 is 0 Å². The number of rotatable bonds is 16. The maximum absolute atomic E-state index is 9.73. The molecule has 0 spiro atoms. The molecule has 0 atom stereocenters. The standard InChI is InChI=1S/C23H40O.CH2O/c1-2-3-4-5-6-7-8-9-10-11-12-13-14-15-16-19-22-20-17-18-21-23(22)24;1-2/h17-18,20-21,24H,2-16,19H2,1H3;1H2. The van der Waals surface area contributed by atoms with E-state index in [0.29, 0.717) is 5.75 Å². The van der Waals surface area contributed by atoms with Crippen molar-refractivity contribution in [3.05, 3.63) is 29.8 Å². The molecule has 150 valence electrons. The lowest BCUT2D eigenvalue weighted by Gasteiger charge is -2.05. The molecule has 1 rings (SSSR count). The van der Waals surface area contributed by atoms with Crippen molar-refractivity contribution in [3.8, 4) is 5.75 Å². The predicted octanol–water partition coefficient (Wildman–Crippen LogP) is 7.62. The molecule has 0 fully saturated rings. The van der Waals surface area contributed by atoms with E-state index < -0.39 is 0 Å². The SMILES string of the molecule is C=O.CCCCCCCCCCCCCCCCCc1ccccc1O. The fourth-order valence-electron chi connectivity index (χ4n) is 3.41. The molecule has 0 saturated carbocycles. The van der Waals surface area contributed by atoms with E-state index in [2.05, 4.69) is 6.92 Å². The van der Waals surface area contributed by atoms with Crippen molar-refractivity contribution in [2.45, 2.75) is 110 Å². The van der Waals surface area contributed by atoms with E-state index in [4.69, 9.17) is 4.79 Å². The number of phenols is 1. The van der Waals surface area contributed by atoms with Crippen molar-refractivity contribution in [2.24, 2.45) is 0 Å². The van der Waals surface area contributed by atoms with Gasteiger partial charge in [-0.3, -0.25) is 0 Å². The van der Waals surface area contributed by atoms with Crippen LogP contribution in [0.3, 0.4) is 0 Å². The highest BCUT2D eigenvalue weighted by atomic mass is 16.3. The minimum atomic E-state index is 0.461. The van der Waals surface area contributed by atoms with E-state index in [1.807, 2.05) is 25.0 Å². The Bertz CT molecular complexity index is 403. The molecule has 0 heterocycles. The van der Waals surface area contributed by atoms with Gasteiger partial charge in [0.15, 0.2) is 0 Å². The fourth-order valence-corrected chi connectivity index (χ4v) is 3.41. The maximum Gasteiger partial charge on any atom is 0.118 e. The van der Waals surface area contributed by atoms with Crippen LogP contribution in [0.2, 0.25) is 0 Å². The van der Waals surface area contributed by atoms with Crippen molar-refractivity contribution in [1.82, 2.24) is 0 Å². The Hall–Kier alpha value is -1.31. The fraction of sp³-hybridized carbons (Fsp3) is 0.708. The minimum absolute atomic E-state index is 0.461. The van der Waals surface area contributed by atoms with Crippen molar-refractivity contribution < 1.29 is 9.90 Å². The van der Waals surface area contributed by atoms with Gasteiger partial charge in [0.25, 0.3) is 0 Å². The summed E-state index contributed by atoms with van der Waals surface area (Å²) in [7, 11) is 0. The molecule has 0 bridgehead atoms. The second-order valence-corrected chi connectivity index (χ2v) is 7.33. The highest BCUT2D eigenvalue weighted by molar-refractivity contribution is 5.31. The van der Waals surface area contributed by atoms with Crippen LogP contribution in [0.5, 0.6) is 5.75 Å². The van der Waals surface area contributed by atoms with Crippen molar-refractivity contribution in [2.75, 3.05) is 0 Å². The quantitative estimate of drug-likeness (QED) is 0.307. The van der Waals surface area contributed by atoms with Gasteiger partial charge >= 0.3 is 0 Å². The van der Waals surface area contributed by atoms with Crippen LogP contribution in [0.25, 0.3) is 0 Å². The summed E-state index contributed by atoms with van der Waals surface area (Å²) in [5.74, 6) is 0.461. The van der Waals surface area contributed by atoms with E-state index in [9.17, 15) is 5.11 Å². The third-order valence-corrected chi connectivity index (χ3v) is 5.04. The molecule has 26 heavy (non-hydrogen) atoms. The van der Waals surface area contributed by atoms with Gasteiger partial charge in [-0.05, 0) is 24.5 Å². The molecule has 0 aliphatic carbocycles. The molecule has 0 unspecified atom stereocenters. The topological polar surface area (TPSA) is 37.3 Å². The molecule has 0 amide bonds. The van der Waals surface area contributed by atoms with Crippen LogP contribution in [0, 0.1) is 0 Å². The van der Waals surface area contributed by atoms with Crippen LogP contribution in [-0.2, 0) is 11.2 Å². The largest absolute Gasteiger partial charge is 0.508 e. The molecule has 2 nitrogen and oxygen atoms in total. The number of hydrogen-bond acceptors (Lipinski definition) is 2. The summed E-state index contributed by atoms with van der Waals surface area (Å²) >= 11 is 0. The van der Waals surface area contributed by atoms with E-state index in [-0.39, 0.29) is 0 Å². The van der Waals surface area contributed by atoms with Gasteiger partial charge in [-0.1, -0.05) is 115 Å². The lowest BCUT2D eigenvalue weighted by molar-refractivity contribution is -0.0979. The molecular formula is C24H42O2. The highest BCUT2D eigenvalue weighted by Gasteiger charge is 1.99. The number of benzene rings is 1. The first-order chi connectivity index (χ1) is 12.8. The summed E-state index contributed by atoms with van der Waals surface area (Å²) in [6.45, 7) is 4.29. The zero-order valence-corrected chi connectivity index (χ0v) is 17.2. The van der Waals surface area contributed by atoms with E-state index in [0.717, 1.165) is 12.0 Å². The zero-order chi connectivity index (χ0) is 19.3. The van der Waals surface area contributed by atoms with E-state index >= 15 is 0 Å². The molecule has 1 aromatic carbocycles. The second-order valence-electron chi connectivity index (χ2n) is 7.33. The molecule has 0 saturated heterocycles. The molecule has 0 radical (unpaired) electrons. The van der Waals surface area contributed by atoms with E-state index in [1.54, 1.807) is 6.07 Å². The molecule has 2 heteroatoms. The third kappa shape index (κ3) is 15.0. The number of aryl methyl sites for hydroxylation is 1. The van der Waals surface area contributed by atoms with Gasteiger partial charge in [-0.15, -0.1) is 0 Å². The van der Waals surface area contributed by atoms with Crippen LogP contribution >= 0.6 is 0 Å². The number of unbranched alkanes of at least 4 members (excludes halogenated alkanes) is 14. The summed E-state index contributed by atoms with van der Waals surface area (Å²) in [6, 6.07) is 7.74. The molecule has 0 aliphatic heterocycles. The summed E-state index contributed by atoms with van der Waals surface area (Å²) in [5, 5.41) is 9.73. The summed E-state index contributed by atoms with van der Waals surface area (Å²) < 4.78 is 0. The first kappa shape index (κ1) is 24.7. The minimum Gasteiger partial charge on any atom is -0.508 e. The van der Waals surface area contributed by atoms with Crippen molar-refractivity contribution in [1.29, 1.82) is 0 Å². The number of aromatic hydroxyl groups is 1. The Balaban J connectivity index is 0.00000301.